The summed E-state index contributed by atoms with van der Waals surface area (Å²) in [5.41, 5.74) is 0.878. The van der Waals surface area contributed by atoms with E-state index in [-0.39, 0.29) is 28.2 Å². The van der Waals surface area contributed by atoms with Crippen LogP contribution in [0.3, 0.4) is 0 Å². The van der Waals surface area contributed by atoms with Gasteiger partial charge in [0.2, 0.25) is 0 Å². The second-order valence-corrected chi connectivity index (χ2v) is 9.87. The number of hydrogen-bond acceptors (Lipinski definition) is 2. The molecule has 3 aromatic rings. The zero-order valence-corrected chi connectivity index (χ0v) is 21.1. The molecule has 3 aliphatic heterocycles. The summed E-state index contributed by atoms with van der Waals surface area (Å²) in [6.07, 6.45) is 3.99. The molecular weight excluding hydrogens is 493 g/mol. The van der Waals surface area contributed by atoms with Crippen molar-refractivity contribution < 1.29 is 35.7 Å². The van der Waals surface area contributed by atoms with Gasteiger partial charge in [0.15, 0.2) is 0 Å². The molecule has 3 nitrogen and oxygen atoms in total. The second-order valence-electron chi connectivity index (χ2n) is 9.87. The lowest BCUT2D eigenvalue weighted by Crippen LogP contribution is -3.00. The Balaban J connectivity index is 0.00000274. The lowest BCUT2D eigenvalue weighted by Gasteiger charge is -2.60. The van der Waals surface area contributed by atoms with Crippen molar-refractivity contribution in [3.63, 3.8) is 0 Å². The molecule has 3 heterocycles. The normalized spacial score (nSPS) is 23.8. The Morgan fingerprint density at radius 2 is 1.38 bits per heavy atom. The monoisotopic (exact) mass is 525 g/mol. The molecule has 3 aliphatic rings. The molecule has 180 valence electrons. The lowest BCUT2D eigenvalue weighted by molar-refractivity contribution is -0.946. The van der Waals surface area contributed by atoms with E-state index in [4.69, 9.17) is 4.74 Å². The molecule has 5 heteroatoms. The number of nitrogens with zero attached hydrogens (tertiary/aromatic N) is 1. The average molecular weight is 526 g/mol. The number of rotatable bonds is 8. The Kier molecular flexibility index (Phi) is 7.46. The molecule has 2 bridgehead atoms. The molecule has 3 fully saturated rings. The van der Waals surface area contributed by atoms with Gasteiger partial charge in [0, 0.05) is 37.2 Å². The number of hydrogen-bond donors (Lipinski definition) is 1. The fourth-order valence-electron chi connectivity index (χ4n) is 6.23. The Morgan fingerprint density at radius 3 is 1.91 bits per heavy atom. The minimum Gasteiger partial charge on any atom is -1.00 e. The SMILES string of the molecule is OC(c1ccccc1)(c1ccccc1)C12CC[N+](CCCOc3cccc(F)c3)(CC1)CC2.[Br-]. The van der Waals surface area contributed by atoms with Crippen LogP contribution in [0.25, 0.3) is 0 Å². The molecule has 0 radical (unpaired) electrons. The van der Waals surface area contributed by atoms with Crippen LogP contribution in [0, 0.1) is 11.2 Å². The highest BCUT2D eigenvalue weighted by Gasteiger charge is 2.60. The molecule has 0 unspecified atom stereocenters. The summed E-state index contributed by atoms with van der Waals surface area (Å²) in [6.45, 7) is 4.93. The van der Waals surface area contributed by atoms with Gasteiger partial charge in [0.1, 0.15) is 17.2 Å². The van der Waals surface area contributed by atoms with Gasteiger partial charge in [-0.25, -0.2) is 4.39 Å². The Labute approximate surface area is 212 Å². The summed E-state index contributed by atoms with van der Waals surface area (Å²) in [5.74, 6) is 0.337. The quantitative estimate of drug-likeness (QED) is 0.361. The van der Waals surface area contributed by atoms with E-state index >= 15 is 0 Å². The fourth-order valence-corrected chi connectivity index (χ4v) is 6.23. The van der Waals surface area contributed by atoms with Crippen molar-refractivity contribution in [3.05, 3.63) is 102 Å². The van der Waals surface area contributed by atoms with E-state index in [0.717, 1.165) is 67.5 Å². The maximum atomic E-state index is 13.4. The van der Waals surface area contributed by atoms with Gasteiger partial charge in [0.05, 0.1) is 32.8 Å². The summed E-state index contributed by atoms with van der Waals surface area (Å²) in [4.78, 5) is 0. The largest absolute Gasteiger partial charge is 1.00 e. The number of benzene rings is 3. The minimum absolute atomic E-state index is 0. The molecule has 0 aromatic heterocycles. The van der Waals surface area contributed by atoms with Crippen molar-refractivity contribution in [2.24, 2.45) is 5.41 Å². The van der Waals surface area contributed by atoms with Gasteiger partial charge in [-0.05, 0) is 23.3 Å². The van der Waals surface area contributed by atoms with Gasteiger partial charge >= 0.3 is 0 Å². The Hall–Kier alpha value is -2.21. The van der Waals surface area contributed by atoms with Gasteiger partial charge in [-0.3, -0.25) is 0 Å². The van der Waals surface area contributed by atoms with Crippen molar-refractivity contribution in [1.82, 2.24) is 0 Å². The number of fused-ring (bicyclic) bond motifs is 3. The maximum absolute atomic E-state index is 13.4. The summed E-state index contributed by atoms with van der Waals surface area (Å²) in [5, 5.41) is 12.4. The molecule has 6 rings (SSSR count). The van der Waals surface area contributed by atoms with Crippen molar-refractivity contribution in [1.29, 1.82) is 0 Å². The molecule has 3 aromatic carbocycles. The molecule has 34 heavy (non-hydrogen) atoms. The molecule has 0 atom stereocenters. The van der Waals surface area contributed by atoms with Crippen molar-refractivity contribution in [3.8, 4) is 5.75 Å². The smallest absolute Gasteiger partial charge is 0.126 e. The molecule has 0 spiro atoms. The number of ether oxygens (including phenoxy) is 1. The minimum atomic E-state index is -0.980. The summed E-state index contributed by atoms with van der Waals surface area (Å²) < 4.78 is 20.2. The van der Waals surface area contributed by atoms with Crippen LogP contribution >= 0.6 is 0 Å². The first kappa shape index (κ1) is 24.9. The lowest BCUT2D eigenvalue weighted by atomic mass is 9.56. The highest BCUT2D eigenvalue weighted by atomic mass is 79.9. The predicted octanol–water partition coefficient (Wildman–Crippen LogP) is 2.54. The molecule has 3 saturated heterocycles. The first-order chi connectivity index (χ1) is 16.1. The van der Waals surface area contributed by atoms with E-state index < -0.39 is 5.60 Å². The fraction of sp³-hybridized carbons (Fsp3) is 0.379. The predicted molar refractivity (Wildman–Crippen MR) is 128 cm³/mol. The third-order valence-electron chi connectivity index (χ3n) is 8.19. The zero-order chi connectivity index (χ0) is 22.8. The van der Waals surface area contributed by atoms with E-state index in [2.05, 4.69) is 24.3 Å². The summed E-state index contributed by atoms with van der Waals surface area (Å²) in [7, 11) is 0. The van der Waals surface area contributed by atoms with Crippen LogP contribution in [0.15, 0.2) is 84.9 Å². The standard InChI is InChI=1S/C29H33FNO2.BrH/c30-26-13-7-14-27(23-26)33-22-8-18-31-19-15-28(16-20-31,17-21-31)29(32,24-9-3-1-4-10-24)25-11-5-2-6-12-25;/h1-7,9-14,23,32H,8,15-22H2;1H/q+1;/p-1. The van der Waals surface area contributed by atoms with Crippen molar-refractivity contribution >= 4 is 0 Å². The molecule has 1 N–H and O–H groups in total. The maximum Gasteiger partial charge on any atom is 0.126 e. The van der Waals surface area contributed by atoms with E-state index in [1.807, 2.05) is 36.4 Å². The highest BCUT2D eigenvalue weighted by Crippen LogP contribution is 2.57. The van der Waals surface area contributed by atoms with Crippen molar-refractivity contribution in [2.75, 3.05) is 32.8 Å². The van der Waals surface area contributed by atoms with Crippen LogP contribution < -0.4 is 21.7 Å². The van der Waals surface area contributed by atoms with Crippen LogP contribution in [0.1, 0.15) is 36.8 Å². The molecule has 0 saturated carbocycles. The summed E-state index contributed by atoms with van der Waals surface area (Å²) in [6, 6.07) is 26.8. The highest BCUT2D eigenvalue weighted by molar-refractivity contribution is 5.39. The van der Waals surface area contributed by atoms with Gasteiger partial charge in [0.25, 0.3) is 0 Å². The summed E-state index contributed by atoms with van der Waals surface area (Å²) >= 11 is 0. The molecule has 0 aliphatic carbocycles. The zero-order valence-electron chi connectivity index (χ0n) is 19.5. The van der Waals surface area contributed by atoms with Crippen LogP contribution in [-0.2, 0) is 5.60 Å². The molecule has 0 amide bonds. The van der Waals surface area contributed by atoms with Crippen LogP contribution in [0.4, 0.5) is 4.39 Å². The van der Waals surface area contributed by atoms with Crippen LogP contribution in [0.5, 0.6) is 5.75 Å². The number of quaternary nitrogens is 1. The van der Waals surface area contributed by atoms with Gasteiger partial charge in [-0.15, -0.1) is 0 Å². The first-order valence-corrected chi connectivity index (χ1v) is 12.1. The van der Waals surface area contributed by atoms with Crippen LogP contribution in [-0.4, -0.2) is 42.4 Å². The third kappa shape index (κ3) is 4.53. The van der Waals surface area contributed by atoms with Crippen LogP contribution in [0.2, 0.25) is 0 Å². The molecular formula is C29H33BrFNO2. The van der Waals surface area contributed by atoms with Gasteiger partial charge in [-0.1, -0.05) is 66.7 Å². The van der Waals surface area contributed by atoms with Gasteiger partial charge < -0.3 is 31.3 Å². The van der Waals surface area contributed by atoms with E-state index in [1.165, 1.54) is 12.1 Å². The van der Waals surface area contributed by atoms with E-state index in [1.54, 1.807) is 12.1 Å². The van der Waals surface area contributed by atoms with E-state index in [9.17, 15) is 9.50 Å². The second kappa shape index (κ2) is 10.2. The number of piperidine rings is 3. The average Bonchev–Trinajstić information content (AvgIpc) is 2.88. The third-order valence-corrected chi connectivity index (χ3v) is 8.19. The van der Waals surface area contributed by atoms with E-state index in [0.29, 0.717) is 12.4 Å². The Morgan fingerprint density at radius 1 is 0.824 bits per heavy atom. The number of halogens is 2. The van der Waals surface area contributed by atoms with Gasteiger partial charge in [-0.2, -0.15) is 0 Å². The number of aliphatic hydroxyl groups is 1. The topological polar surface area (TPSA) is 29.5 Å². The van der Waals surface area contributed by atoms with Crippen molar-refractivity contribution in [2.45, 2.75) is 31.3 Å². The first-order valence-electron chi connectivity index (χ1n) is 12.1. The Bertz CT molecular complexity index is 1010.